The van der Waals surface area contributed by atoms with Gasteiger partial charge in [-0.25, -0.2) is 13.1 Å². The molecular weight excluding hydrogens is 417 g/mol. The summed E-state index contributed by atoms with van der Waals surface area (Å²) in [5.41, 5.74) is -1.18. The van der Waals surface area contributed by atoms with Crippen LogP contribution in [0.3, 0.4) is 0 Å². The summed E-state index contributed by atoms with van der Waals surface area (Å²) >= 11 is 5.77. The van der Waals surface area contributed by atoms with E-state index in [4.69, 9.17) is 16.9 Å². The first-order chi connectivity index (χ1) is 13.0. The molecule has 2 aromatic rings. The molecule has 0 unspecified atom stereocenters. The van der Waals surface area contributed by atoms with Gasteiger partial charge in [-0.3, -0.25) is 4.79 Å². The summed E-state index contributed by atoms with van der Waals surface area (Å²) in [4.78, 5) is 11.1. The molecule has 0 radical (unpaired) electrons. The van der Waals surface area contributed by atoms with E-state index in [1.54, 1.807) is 29.0 Å². The van der Waals surface area contributed by atoms with Gasteiger partial charge in [0.05, 0.1) is 22.1 Å². The molecule has 0 bridgehead atoms. The second kappa shape index (κ2) is 8.63. The van der Waals surface area contributed by atoms with Crippen molar-refractivity contribution in [3.63, 3.8) is 0 Å². The van der Waals surface area contributed by atoms with Crippen molar-refractivity contribution in [2.45, 2.75) is 30.3 Å². The van der Waals surface area contributed by atoms with Crippen molar-refractivity contribution in [3.8, 4) is 6.07 Å². The molecule has 1 amide bonds. The van der Waals surface area contributed by atoms with E-state index in [9.17, 15) is 26.4 Å². The minimum Gasteiger partial charge on any atom is -0.274 e. The maximum Gasteiger partial charge on any atom is 0.417 e. The second-order valence-electron chi connectivity index (χ2n) is 5.83. The molecular formula is C18H14ClF3N2O3S. The van der Waals surface area contributed by atoms with Crippen molar-refractivity contribution in [3.05, 3.63) is 64.2 Å². The standard InChI is InChI=1S/C18H14ClF3N2O3S/c19-14-7-4-12(5-8-14)2-1-3-17(25)24-28(26,27)15-9-6-13(11-23)16(10-15)18(20,21)22/h4-10H,1-3H2,(H,24,25). The molecule has 0 saturated carbocycles. The number of alkyl halides is 3. The zero-order chi connectivity index (χ0) is 20.9. The number of sulfonamides is 1. The number of benzene rings is 2. The Kier molecular flexibility index (Phi) is 6.69. The minimum atomic E-state index is -4.90. The Morgan fingerprint density at radius 2 is 1.79 bits per heavy atom. The van der Waals surface area contributed by atoms with Crippen molar-refractivity contribution in [1.82, 2.24) is 4.72 Å². The molecule has 0 heterocycles. The van der Waals surface area contributed by atoms with Crippen LogP contribution in [-0.4, -0.2) is 14.3 Å². The highest BCUT2D eigenvalue weighted by molar-refractivity contribution is 7.90. The summed E-state index contributed by atoms with van der Waals surface area (Å²) in [5, 5.41) is 9.31. The fourth-order valence-corrected chi connectivity index (χ4v) is 3.55. The fourth-order valence-electron chi connectivity index (χ4n) is 2.39. The maximum atomic E-state index is 13.0. The summed E-state index contributed by atoms with van der Waals surface area (Å²) < 4.78 is 65.1. The van der Waals surface area contributed by atoms with Crippen LogP contribution in [0.25, 0.3) is 0 Å². The van der Waals surface area contributed by atoms with Crippen molar-refractivity contribution in [2.75, 3.05) is 0 Å². The molecule has 0 aliphatic rings. The lowest BCUT2D eigenvalue weighted by Gasteiger charge is -2.12. The van der Waals surface area contributed by atoms with E-state index in [0.717, 1.165) is 17.7 Å². The number of halogens is 4. The van der Waals surface area contributed by atoms with Gasteiger partial charge >= 0.3 is 6.18 Å². The van der Waals surface area contributed by atoms with E-state index < -0.39 is 38.1 Å². The first-order valence-corrected chi connectivity index (χ1v) is 9.80. The lowest BCUT2D eigenvalue weighted by Crippen LogP contribution is -2.30. The van der Waals surface area contributed by atoms with Crippen molar-refractivity contribution >= 4 is 27.5 Å². The normalized spacial score (nSPS) is 11.7. The van der Waals surface area contributed by atoms with Crippen LogP contribution in [0.5, 0.6) is 0 Å². The van der Waals surface area contributed by atoms with Gasteiger partial charge in [0.2, 0.25) is 5.91 Å². The fraction of sp³-hybridized carbons (Fsp3) is 0.222. The predicted octanol–water partition coefficient (Wildman–Crippen LogP) is 4.06. The van der Waals surface area contributed by atoms with Gasteiger partial charge in [0.25, 0.3) is 10.0 Å². The summed E-state index contributed by atoms with van der Waals surface area (Å²) in [6.45, 7) is 0. The van der Waals surface area contributed by atoms with Gasteiger partial charge in [0.1, 0.15) is 0 Å². The molecule has 10 heteroatoms. The molecule has 0 aromatic heterocycles. The third-order valence-corrected chi connectivity index (χ3v) is 5.38. The number of nitrogens with one attached hydrogen (secondary N) is 1. The second-order valence-corrected chi connectivity index (χ2v) is 7.94. The van der Waals surface area contributed by atoms with Crippen LogP contribution in [0.15, 0.2) is 47.4 Å². The number of aryl methyl sites for hydroxylation is 1. The molecule has 5 nitrogen and oxygen atoms in total. The first-order valence-electron chi connectivity index (χ1n) is 7.94. The van der Waals surface area contributed by atoms with Gasteiger partial charge in [0.15, 0.2) is 0 Å². The SMILES string of the molecule is N#Cc1ccc(S(=O)(=O)NC(=O)CCCc2ccc(Cl)cc2)cc1C(F)(F)F. The predicted molar refractivity (Wildman–Crippen MR) is 95.9 cm³/mol. The van der Waals surface area contributed by atoms with Gasteiger partial charge in [-0.2, -0.15) is 18.4 Å². The monoisotopic (exact) mass is 430 g/mol. The number of hydrogen-bond donors (Lipinski definition) is 1. The number of nitriles is 1. The van der Waals surface area contributed by atoms with E-state index in [0.29, 0.717) is 23.9 Å². The molecule has 2 rings (SSSR count). The van der Waals surface area contributed by atoms with E-state index in [1.807, 2.05) is 0 Å². The van der Waals surface area contributed by atoms with Crippen LogP contribution in [-0.2, 0) is 27.4 Å². The topological polar surface area (TPSA) is 87.0 Å². The lowest BCUT2D eigenvalue weighted by molar-refractivity contribution is -0.137. The molecule has 0 fully saturated rings. The van der Waals surface area contributed by atoms with Crippen molar-refractivity contribution in [2.24, 2.45) is 0 Å². The first kappa shape index (κ1) is 21.7. The van der Waals surface area contributed by atoms with E-state index >= 15 is 0 Å². The number of rotatable bonds is 6. The molecule has 1 N–H and O–H groups in total. The Labute approximate surface area is 164 Å². The van der Waals surface area contributed by atoms with Crippen LogP contribution in [0.1, 0.15) is 29.5 Å². The molecule has 28 heavy (non-hydrogen) atoms. The van der Waals surface area contributed by atoms with Gasteiger partial charge in [0, 0.05) is 11.4 Å². The van der Waals surface area contributed by atoms with E-state index in [2.05, 4.69) is 0 Å². The number of hydrogen-bond acceptors (Lipinski definition) is 4. The molecule has 0 aliphatic carbocycles. The van der Waals surface area contributed by atoms with E-state index in [-0.39, 0.29) is 6.42 Å². The number of carbonyl (C=O) groups excluding carboxylic acids is 1. The highest BCUT2D eigenvalue weighted by Gasteiger charge is 2.35. The number of nitrogens with zero attached hydrogens (tertiary/aromatic N) is 1. The highest BCUT2D eigenvalue weighted by Crippen LogP contribution is 2.33. The Hall–Kier alpha value is -2.57. The van der Waals surface area contributed by atoms with Crippen LogP contribution in [0, 0.1) is 11.3 Å². The Morgan fingerprint density at radius 1 is 1.14 bits per heavy atom. The Bertz CT molecular complexity index is 1010. The van der Waals surface area contributed by atoms with E-state index in [1.165, 1.54) is 6.07 Å². The summed E-state index contributed by atoms with van der Waals surface area (Å²) in [6.07, 6.45) is -4.20. The third-order valence-electron chi connectivity index (χ3n) is 3.76. The van der Waals surface area contributed by atoms with Crippen LogP contribution >= 0.6 is 11.6 Å². The molecule has 2 aromatic carbocycles. The Balaban J connectivity index is 2.05. The highest BCUT2D eigenvalue weighted by atomic mass is 35.5. The maximum absolute atomic E-state index is 13.0. The molecule has 0 saturated heterocycles. The average molecular weight is 431 g/mol. The van der Waals surface area contributed by atoms with Gasteiger partial charge in [-0.05, 0) is 48.7 Å². The molecule has 0 spiro atoms. The van der Waals surface area contributed by atoms with Crippen LogP contribution < -0.4 is 4.72 Å². The van der Waals surface area contributed by atoms with Gasteiger partial charge < -0.3 is 0 Å². The number of amides is 1. The zero-order valence-corrected chi connectivity index (χ0v) is 15.8. The average Bonchev–Trinajstić information content (AvgIpc) is 2.61. The van der Waals surface area contributed by atoms with Crippen LogP contribution in [0.2, 0.25) is 5.02 Å². The van der Waals surface area contributed by atoms with Gasteiger partial charge in [-0.1, -0.05) is 23.7 Å². The summed E-state index contributed by atoms with van der Waals surface area (Å²) in [5.74, 6) is -0.841. The lowest BCUT2D eigenvalue weighted by atomic mass is 10.1. The third kappa shape index (κ3) is 5.71. The Morgan fingerprint density at radius 3 is 2.36 bits per heavy atom. The smallest absolute Gasteiger partial charge is 0.274 e. The van der Waals surface area contributed by atoms with Crippen molar-refractivity contribution < 1.29 is 26.4 Å². The largest absolute Gasteiger partial charge is 0.417 e. The minimum absolute atomic E-state index is 0.135. The number of carbonyl (C=O) groups is 1. The zero-order valence-electron chi connectivity index (χ0n) is 14.3. The molecule has 0 aliphatic heterocycles. The summed E-state index contributed by atoms with van der Waals surface area (Å²) in [6, 6.07) is 10.2. The van der Waals surface area contributed by atoms with Crippen molar-refractivity contribution in [1.29, 1.82) is 5.26 Å². The molecule has 148 valence electrons. The molecule has 0 atom stereocenters. The van der Waals surface area contributed by atoms with Gasteiger partial charge in [-0.15, -0.1) is 0 Å². The summed E-state index contributed by atoms with van der Waals surface area (Å²) in [7, 11) is -4.49. The quantitative estimate of drug-likeness (QED) is 0.748. The van der Waals surface area contributed by atoms with Crippen LogP contribution in [0.4, 0.5) is 13.2 Å².